The maximum atomic E-state index is 11.9. The second-order valence-electron chi connectivity index (χ2n) is 5.42. The average molecular weight is 342 g/mol. The van der Waals surface area contributed by atoms with E-state index in [0.29, 0.717) is 19.3 Å². The fourth-order valence-electron chi connectivity index (χ4n) is 1.87. The molecular formula is C15H20BrNO3. The maximum Gasteiger partial charge on any atom is 0.303 e. The normalized spacial score (nSPS) is 11.2. The van der Waals surface area contributed by atoms with E-state index in [-0.39, 0.29) is 12.3 Å². The molecule has 1 aromatic carbocycles. The van der Waals surface area contributed by atoms with Crippen LogP contribution in [0.3, 0.4) is 0 Å². The second kappa shape index (κ2) is 7.43. The van der Waals surface area contributed by atoms with Gasteiger partial charge in [-0.2, -0.15) is 0 Å². The average Bonchev–Trinajstić information content (AvgIpc) is 2.35. The molecule has 0 saturated carbocycles. The Hall–Kier alpha value is -1.36. The van der Waals surface area contributed by atoms with Crippen LogP contribution in [-0.4, -0.2) is 22.5 Å². The first-order valence-corrected chi connectivity index (χ1v) is 7.36. The van der Waals surface area contributed by atoms with Gasteiger partial charge in [-0.25, -0.2) is 0 Å². The zero-order valence-corrected chi connectivity index (χ0v) is 13.4. The molecule has 1 aromatic rings. The van der Waals surface area contributed by atoms with Gasteiger partial charge in [0.05, 0.1) is 0 Å². The van der Waals surface area contributed by atoms with Crippen LogP contribution >= 0.6 is 15.9 Å². The number of carbonyl (C=O) groups excluding carboxylic acids is 1. The molecule has 20 heavy (non-hydrogen) atoms. The van der Waals surface area contributed by atoms with Gasteiger partial charge in [-0.1, -0.05) is 34.1 Å². The molecule has 0 aliphatic rings. The largest absolute Gasteiger partial charge is 0.481 e. The molecule has 0 aliphatic heterocycles. The third kappa shape index (κ3) is 6.19. The van der Waals surface area contributed by atoms with Crippen molar-refractivity contribution in [1.82, 2.24) is 5.32 Å². The number of carboxylic acids is 1. The van der Waals surface area contributed by atoms with Crippen LogP contribution in [0.5, 0.6) is 0 Å². The van der Waals surface area contributed by atoms with E-state index in [4.69, 9.17) is 5.11 Å². The lowest BCUT2D eigenvalue weighted by Gasteiger charge is -2.25. The van der Waals surface area contributed by atoms with Gasteiger partial charge in [0.2, 0.25) is 5.91 Å². The second-order valence-corrected chi connectivity index (χ2v) is 6.27. The van der Waals surface area contributed by atoms with Gasteiger partial charge in [0.15, 0.2) is 0 Å². The fraction of sp³-hybridized carbons (Fsp3) is 0.467. The number of hydrogen-bond donors (Lipinski definition) is 2. The summed E-state index contributed by atoms with van der Waals surface area (Å²) in [5, 5.41) is 11.6. The number of benzene rings is 1. The SMILES string of the molecule is CC(C)(CCC(=O)O)NC(=O)CCc1ccccc1Br. The van der Waals surface area contributed by atoms with E-state index >= 15 is 0 Å². The third-order valence-corrected chi connectivity index (χ3v) is 3.79. The first-order valence-electron chi connectivity index (χ1n) is 6.56. The summed E-state index contributed by atoms with van der Waals surface area (Å²) in [5.74, 6) is -0.906. The summed E-state index contributed by atoms with van der Waals surface area (Å²) in [4.78, 5) is 22.5. The van der Waals surface area contributed by atoms with Crippen molar-refractivity contribution in [2.45, 2.75) is 45.1 Å². The van der Waals surface area contributed by atoms with Crippen molar-refractivity contribution in [1.29, 1.82) is 0 Å². The molecule has 0 aromatic heterocycles. The number of carboxylic acid groups (broad SMARTS) is 1. The van der Waals surface area contributed by atoms with Crippen molar-refractivity contribution in [3.8, 4) is 0 Å². The van der Waals surface area contributed by atoms with Gasteiger partial charge >= 0.3 is 5.97 Å². The van der Waals surface area contributed by atoms with Crippen LogP contribution in [-0.2, 0) is 16.0 Å². The van der Waals surface area contributed by atoms with Gasteiger partial charge in [0.1, 0.15) is 0 Å². The summed E-state index contributed by atoms with van der Waals surface area (Å²) in [5.41, 5.74) is 0.592. The molecule has 5 heteroatoms. The van der Waals surface area contributed by atoms with Gasteiger partial charge in [0.25, 0.3) is 0 Å². The summed E-state index contributed by atoms with van der Waals surface area (Å²) in [6.07, 6.45) is 1.52. The number of nitrogens with one attached hydrogen (secondary N) is 1. The van der Waals surface area contributed by atoms with E-state index in [2.05, 4.69) is 21.2 Å². The minimum atomic E-state index is -0.847. The summed E-state index contributed by atoms with van der Waals surface area (Å²) >= 11 is 3.45. The number of halogens is 1. The van der Waals surface area contributed by atoms with Crippen molar-refractivity contribution >= 4 is 27.8 Å². The zero-order valence-electron chi connectivity index (χ0n) is 11.8. The Bertz CT molecular complexity index is 486. The molecule has 0 fully saturated rings. The van der Waals surface area contributed by atoms with Gasteiger partial charge < -0.3 is 10.4 Å². The Morgan fingerprint density at radius 3 is 2.50 bits per heavy atom. The molecular weight excluding hydrogens is 322 g/mol. The molecule has 0 saturated heterocycles. The van der Waals surface area contributed by atoms with Gasteiger partial charge in [-0.15, -0.1) is 0 Å². The highest BCUT2D eigenvalue weighted by Crippen LogP contribution is 2.18. The lowest BCUT2D eigenvalue weighted by molar-refractivity contribution is -0.137. The predicted molar refractivity (Wildman–Crippen MR) is 81.6 cm³/mol. The van der Waals surface area contributed by atoms with Crippen LogP contribution in [0, 0.1) is 0 Å². The summed E-state index contributed by atoms with van der Waals surface area (Å²) in [6, 6.07) is 7.80. The predicted octanol–water partition coefficient (Wildman–Crippen LogP) is 3.14. The molecule has 1 rings (SSSR count). The van der Waals surface area contributed by atoms with E-state index in [9.17, 15) is 9.59 Å². The van der Waals surface area contributed by atoms with Crippen molar-refractivity contribution < 1.29 is 14.7 Å². The van der Waals surface area contributed by atoms with E-state index in [1.807, 2.05) is 38.1 Å². The minimum absolute atomic E-state index is 0.0531. The molecule has 0 heterocycles. The Kier molecular flexibility index (Phi) is 6.20. The van der Waals surface area contributed by atoms with Gasteiger partial charge in [0, 0.05) is 22.9 Å². The lowest BCUT2D eigenvalue weighted by atomic mass is 9.98. The van der Waals surface area contributed by atoms with Crippen molar-refractivity contribution in [3.05, 3.63) is 34.3 Å². The summed E-state index contributed by atoms with van der Waals surface area (Å²) < 4.78 is 0.998. The highest BCUT2D eigenvalue weighted by molar-refractivity contribution is 9.10. The van der Waals surface area contributed by atoms with Crippen LogP contribution in [0.25, 0.3) is 0 Å². The number of amides is 1. The number of aryl methyl sites for hydroxylation is 1. The number of rotatable bonds is 7. The fourth-order valence-corrected chi connectivity index (χ4v) is 2.35. The molecule has 0 aliphatic carbocycles. The van der Waals surface area contributed by atoms with Gasteiger partial charge in [-0.05, 0) is 38.3 Å². The van der Waals surface area contributed by atoms with Crippen LogP contribution in [0.15, 0.2) is 28.7 Å². The van der Waals surface area contributed by atoms with Crippen LogP contribution in [0.4, 0.5) is 0 Å². The molecule has 0 radical (unpaired) electrons. The Morgan fingerprint density at radius 1 is 1.25 bits per heavy atom. The summed E-state index contributed by atoms with van der Waals surface area (Å²) in [7, 11) is 0. The molecule has 4 nitrogen and oxygen atoms in total. The standard InChI is InChI=1S/C15H20BrNO3/c1-15(2,10-9-14(19)20)17-13(18)8-7-11-5-3-4-6-12(11)16/h3-6H,7-10H2,1-2H3,(H,17,18)(H,19,20). The van der Waals surface area contributed by atoms with Crippen molar-refractivity contribution in [2.75, 3.05) is 0 Å². The minimum Gasteiger partial charge on any atom is -0.481 e. The molecule has 0 spiro atoms. The van der Waals surface area contributed by atoms with E-state index in [1.165, 1.54) is 0 Å². The quantitative estimate of drug-likeness (QED) is 0.800. The maximum absolute atomic E-state index is 11.9. The highest BCUT2D eigenvalue weighted by atomic mass is 79.9. The van der Waals surface area contributed by atoms with Crippen molar-refractivity contribution in [3.63, 3.8) is 0 Å². The Labute approximate surface area is 127 Å². The first-order chi connectivity index (χ1) is 9.30. The van der Waals surface area contributed by atoms with E-state index in [0.717, 1.165) is 10.0 Å². The lowest BCUT2D eigenvalue weighted by Crippen LogP contribution is -2.43. The molecule has 2 N–H and O–H groups in total. The van der Waals surface area contributed by atoms with Crippen molar-refractivity contribution in [2.24, 2.45) is 0 Å². The molecule has 110 valence electrons. The Morgan fingerprint density at radius 2 is 1.90 bits per heavy atom. The molecule has 1 amide bonds. The van der Waals surface area contributed by atoms with Crippen LogP contribution in [0.2, 0.25) is 0 Å². The monoisotopic (exact) mass is 341 g/mol. The van der Waals surface area contributed by atoms with Crippen LogP contribution in [0.1, 0.15) is 38.7 Å². The molecule has 0 bridgehead atoms. The van der Waals surface area contributed by atoms with E-state index < -0.39 is 11.5 Å². The topological polar surface area (TPSA) is 66.4 Å². The first kappa shape index (κ1) is 16.7. The number of carbonyl (C=O) groups is 2. The number of aliphatic carboxylic acids is 1. The smallest absolute Gasteiger partial charge is 0.303 e. The van der Waals surface area contributed by atoms with Crippen LogP contribution < -0.4 is 5.32 Å². The zero-order chi connectivity index (χ0) is 15.2. The molecule has 0 atom stereocenters. The molecule has 0 unspecified atom stereocenters. The van der Waals surface area contributed by atoms with Gasteiger partial charge in [-0.3, -0.25) is 9.59 Å². The highest BCUT2D eigenvalue weighted by Gasteiger charge is 2.21. The third-order valence-electron chi connectivity index (χ3n) is 3.02. The Balaban J connectivity index is 2.43. The summed E-state index contributed by atoms with van der Waals surface area (Å²) in [6.45, 7) is 3.68. The van der Waals surface area contributed by atoms with E-state index in [1.54, 1.807) is 0 Å². The number of hydrogen-bond acceptors (Lipinski definition) is 2.